The Bertz CT molecular complexity index is 274. The van der Waals surface area contributed by atoms with E-state index in [-0.39, 0.29) is 16.4 Å². The van der Waals surface area contributed by atoms with Gasteiger partial charge in [0.2, 0.25) is 11.0 Å². The molecule has 0 aromatic carbocycles. The van der Waals surface area contributed by atoms with Gasteiger partial charge < -0.3 is 4.90 Å². The Balaban J connectivity index is 2.18. The molecule has 0 bridgehead atoms. The molecule has 3 nitrogen and oxygen atoms in total. The highest BCUT2D eigenvalue weighted by atomic mass is 32.2. The molecule has 0 aliphatic carbocycles. The second kappa shape index (κ2) is 2.28. The minimum Gasteiger partial charge on any atom is -0.304 e. The van der Waals surface area contributed by atoms with Crippen molar-refractivity contribution in [3.8, 4) is 0 Å². The van der Waals surface area contributed by atoms with Gasteiger partial charge in [0.25, 0.3) is 0 Å². The van der Waals surface area contributed by atoms with Crippen LogP contribution in [0.4, 0.5) is 0 Å². The average molecular weight is 187 g/mol. The molecule has 2 rings (SSSR count). The van der Waals surface area contributed by atoms with Crippen LogP contribution in [0.25, 0.3) is 0 Å². The number of nitrogens with zero attached hydrogens (tertiary/aromatic N) is 1. The molecule has 0 N–H and O–H groups in total. The third-order valence-corrected chi connectivity index (χ3v) is 3.28. The van der Waals surface area contributed by atoms with E-state index in [1.165, 1.54) is 11.8 Å². The molecule has 0 radical (unpaired) electrons. The third-order valence-electron chi connectivity index (χ3n) is 1.68. The smallest absolute Gasteiger partial charge is 0.230 e. The van der Waals surface area contributed by atoms with E-state index in [1.54, 1.807) is 11.1 Å². The van der Waals surface area contributed by atoms with Gasteiger partial charge in [-0.2, -0.15) is 0 Å². The van der Waals surface area contributed by atoms with Crippen molar-refractivity contribution in [1.82, 2.24) is 4.90 Å². The summed E-state index contributed by atoms with van der Waals surface area (Å²) in [6.45, 7) is 0. The highest BCUT2D eigenvalue weighted by molar-refractivity contribution is 8.09. The van der Waals surface area contributed by atoms with Crippen LogP contribution in [-0.4, -0.2) is 21.3 Å². The third kappa shape index (κ3) is 0.990. The number of amides is 1. The number of hydrogen-bond donors (Lipinski definition) is 1. The number of rotatable bonds is 1. The fourth-order valence-corrected chi connectivity index (χ4v) is 2.37. The van der Waals surface area contributed by atoms with Crippen molar-refractivity contribution in [3.05, 3.63) is 11.1 Å². The van der Waals surface area contributed by atoms with Crippen molar-refractivity contribution >= 4 is 35.4 Å². The number of hydrogen-bond acceptors (Lipinski definition) is 3. The highest BCUT2D eigenvalue weighted by Crippen LogP contribution is 2.41. The van der Waals surface area contributed by atoms with E-state index in [1.807, 2.05) is 0 Å². The maximum Gasteiger partial charge on any atom is 0.230 e. The molecule has 11 heavy (non-hydrogen) atoms. The summed E-state index contributed by atoms with van der Waals surface area (Å²) < 4.78 is 0. The topological polar surface area (TPSA) is 37.4 Å². The van der Waals surface area contributed by atoms with Gasteiger partial charge in [-0.05, 0) is 0 Å². The van der Waals surface area contributed by atoms with E-state index in [4.69, 9.17) is 0 Å². The maximum absolute atomic E-state index is 10.8. The molecule has 2 aliphatic rings. The first-order chi connectivity index (χ1) is 5.18. The summed E-state index contributed by atoms with van der Waals surface area (Å²) >= 11 is 5.08. The molecule has 2 aliphatic heterocycles. The molecule has 0 spiro atoms. The molecular formula is C6H5NO2S2. The molecule has 1 amide bonds. The van der Waals surface area contributed by atoms with Crippen molar-refractivity contribution < 1.29 is 9.59 Å². The van der Waals surface area contributed by atoms with Crippen LogP contribution in [0.1, 0.15) is 6.42 Å². The lowest BCUT2D eigenvalue weighted by Gasteiger charge is -2.31. The molecule has 5 heteroatoms. The first-order valence-corrected chi connectivity index (χ1v) is 4.44. The lowest BCUT2D eigenvalue weighted by atomic mass is 10.2. The molecule has 2 heterocycles. The molecule has 1 atom stereocenters. The zero-order valence-electron chi connectivity index (χ0n) is 5.48. The number of carbonyl (C=O) groups is 2. The molecule has 0 unspecified atom stereocenters. The minimum atomic E-state index is -0.253. The fraction of sp³-hybridized carbons (Fsp3) is 0.333. The van der Waals surface area contributed by atoms with Crippen LogP contribution in [-0.2, 0) is 9.59 Å². The number of thioether (sulfide) groups is 1. The zero-order chi connectivity index (χ0) is 8.01. The van der Waals surface area contributed by atoms with Gasteiger partial charge in [0.15, 0.2) is 0 Å². The van der Waals surface area contributed by atoms with Crippen LogP contribution in [0.3, 0.4) is 0 Å². The van der Waals surface area contributed by atoms with Gasteiger partial charge in [-0.1, -0.05) is 24.4 Å². The Hall–Kier alpha value is -0.420. The first-order valence-electron chi connectivity index (χ1n) is 3.11. The van der Waals surface area contributed by atoms with E-state index in [0.717, 1.165) is 0 Å². The SMILES string of the molecule is O=C(S)C1=CN2C(=O)C[C@H]2S1. The summed E-state index contributed by atoms with van der Waals surface area (Å²) in [6, 6.07) is 0. The summed E-state index contributed by atoms with van der Waals surface area (Å²) in [5.41, 5.74) is 0. The summed E-state index contributed by atoms with van der Waals surface area (Å²) in [6.07, 6.45) is 2.13. The summed E-state index contributed by atoms with van der Waals surface area (Å²) in [4.78, 5) is 23.7. The summed E-state index contributed by atoms with van der Waals surface area (Å²) in [5.74, 6) is 0.0899. The van der Waals surface area contributed by atoms with E-state index in [0.29, 0.717) is 11.3 Å². The van der Waals surface area contributed by atoms with Crippen LogP contribution in [0.2, 0.25) is 0 Å². The van der Waals surface area contributed by atoms with Crippen LogP contribution >= 0.6 is 24.4 Å². The normalized spacial score (nSPS) is 27.7. The van der Waals surface area contributed by atoms with Gasteiger partial charge in [0, 0.05) is 6.20 Å². The Labute approximate surface area is 73.2 Å². The van der Waals surface area contributed by atoms with Gasteiger partial charge in [0.05, 0.1) is 16.7 Å². The number of fused-ring (bicyclic) bond motifs is 1. The van der Waals surface area contributed by atoms with Crippen molar-refractivity contribution in [2.75, 3.05) is 0 Å². The number of β-lactam (4-membered cyclic amide) rings is 1. The fourth-order valence-electron chi connectivity index (χ4n) is 1.06. The van der Waals surface area contributed by atoms with E-state index in [2.05, 4.69) is 12.6 Å². The second-order valence-corrected chi connectivity index (χ2v) is 4.00. The van der Waals surface area contributed by atoms with Gasteiger partial charge in [-0.25, -0.2) is 0 Å². The van der Waals surface area contributed by atoms with Gasteiger partial charge in [0.1, 0.15) is 0 Å². The Morgan fingerprint density at radius 1 is 1.82 bits per heavy atom. The van der Waals surface area contributed by atoms with Crippen LogP contribution < -0.4 is 0 Å². The first kappa shape index (κ1) is 7.24. The standard InChI is InChI=1S/C6H5NO2S2/c8-4-1-5-7(4)2-3(11-5)6(9)10/h2,5H,1H2,(H,9,10)/t5-/m1/s1. The van der Waals surface area contributed by atoms with Crippen molar-refractivity contribution in [2.24, 2.45) is 0 Å². The highest BCUT2D eigenvalue weighted by Gasteiger charge is 2.41. The van der Waals surface area contributed by atoms with E-state index < -0.39 is 0 Å². The Morgan fingerprint density at radius 3 is 3.00 bits per heavy atom. The molecule has 0 saturated carbocycles. The van der Waals surface area contributed by atoms with Crippen LogP contribution in [0.15, 0.2) is 11.1 Å². The van der Waals surface area contributed by atoms with Crippen molar-refractivity contribution in [2.45, 2.75) is 11.8 Å². The van der Waals surface area contributed by atoms with Crippen molar-refractivity contribution in [1.29, 1.82) is 0 Å². The maximum atomic E-state index is 10.8. The predicted octanol–water partition coefficient (Wildman–Crippen LogP) is 0.589. The molecular weight excluding hydrogens is 182 g/mol. The van der Waals surface area contributed by atoms with Crippen LogP contribution in [0, 0.1) is 0 Å². The minimum absolute atomic E-state index is 0.0899. The van der Waals surface area contributed by atoms with E-state index in [9.17, 15) is 9.59 Å². The second-order valence-electron chi connectivity index (χ2n) is 2.38. The average Bonchev–Trinajstić information content (AvgIpc) is 2.26. The number of thiol groups is 1. The molecule has 0 aromatic rings. The Kier molecular flexibility index (Phi) is 1.50. The lowest BCUT2D eigenvalue weighted by molar-refractivity contribution is -0.137. The zero-order valence-corrected chi connectivity index (χ0v) is 7.19. The van der Waals surface area contributed by atoms with Crippen LogP contribution in [0.5, 0.6) is 0 Å². The van der Waals surface area contributed by atoms with E-state index >= 15 is 0 Å². The summed E-state index contributed by atoms with van der Waals surface area (Å²) in [5, 5.41) is -0.0780. The molecule has 1 saturated heterocycles. The van der Waals surface area contributed by atoms with Crippen molar-refractivity contribution in [3.63, 3.8) is 0 Å². The monoisotopic (exact) mass is 187 g/mol. The summed E-state index contributed by atoms with van der Waals surface area (Å²) in [7, 11) is 0. The van der Waals surface area contributed by atoms with Gasteiger partial charge in [-0.3, -0.25) is 9.59 Å². The Morgan fingerprint density at radius 2 is 2.55 bits per heavy atom. The predicted molar refractivity (Wildman–Crippen MR) is 44.9 cm³/mol. The molecule has 0 aromatic heterocycles. The van der Waals surface area contributed by atoms with Gasteiger partial charge in [-0.15, -0.1) is 0 Å². The quantitative estimate of drug-likeness (QED) is 0.482. The molecule has 1 fully saturated rings. The molecule has 58 valence electrons. The van der Waals surface area contributed by atoms with Gasteiger partial charge >= 0.3 is 0 Å². The lowest BCUT2D eigenvalue weighted by Crippen LogP contribution is -2.44. The number of carbonyl (C=O) groups excluding carboxylic acids is 2. The largest absolute Gasteiger partial charge is 0.304 e.